The van der Waals surface area contributed by atoms with Crippen LogP contribution in [0.3, 0.4) is 0 Å². The molecule has 1 aliphatic rings. The highest BCUT2D eigenvalue weighted by Crippen LogP contribution is 2.34. The second-order valence-corrected chi connectivity index (χ2v) is 4.45. The molecule has 1 aromatic carbocycles. The van der Waals surface area contributed by atoms with E-state index < -0.39 is 0 Å². The van der Waals surface area contributed by atoms with Crippen molar-refractivity contribution in [3.8, 4) is 0 Å². The van der Waals surface area contributed by atoms with Gasteiger partial charge >= 0.3 is 0 Å². The third-order valence-corrected chi connectivity index (χ3v) is 3.22. The van der Waals surface area contributed by atoms with Crippen molar-refractivity contribution < 1.29 is 4.79 Å². The van der Waals surface area contributed by atoms with Crippen molar-refractivity contribution in [1.82, 2.24) is 5.32 Å². The zero-order valence-electron chi connectivity index (χ0n) is 9.12. The van der Waals surface area contributed by atoms with Crippen LogP contribution < -0.4 is 5.32 Å². The molecule has 1 unspecified atom stereocenters. The SMILES string of the molecule is CC(=O)CC1(c2ccccc2)CCNC1. The number of Topliss-reactive ketones (excluding diaryl/α,β-unsaturated/α-hetero) is 1. The summed E-state index contributed by atoms with van der Waals surface area (Å²) in [6.45, 7) is 3.63. The average molecular weight is 203 g/mol. The first-order valence-corrected chi connectivity index (χ1v) is 5.49. The van der Waals surface area contributed by atoms with Crippen LogP contribution in [0.5, 0.6) is 0 Å². The Bertz CT molecular complexity index is 339. The zero-order valence-corrected chi connectivity index (χ0v) is 9.12. The molecule has 1 aliphatic heterocycles. The van der Waals surface area contributed by atoms with Crippen LogP contribution in [0.4, 0.5) is 0 Å². The predicted molar refractivity (Wildman–Crippen MR) is 60.9 cm³/mol. The second-order valence-electron chi connectivity index (χ2n) is 4.45. The number of carbonyl (C=O) groups excluding carboxylic acids is 1. The van der Waals surface area contributed by atoms with Crippen LogP contribution in [-0.4, -0.2) is 18.9 Å². The Labute approximate surface area is 90.7 Å². The standard InChI is InChI=1S/C13H17NO/c1-11(15)9-13(7-8-14-10-13)12-5-3-2-4-6-12/h2-6,14H,7-10H2,1H3. The highest BCUT2D eigenvalue weighted by molar-refractivity contribution is 5.77. The minimum atomic E-state index is 0.0487. The summed E-state index contributed by atoms with van der Waals surface area (Å²) in [6, 6.07) is 10.4. The van der Waals surface area contributed by atoms with E-state index in [0.717, 1.165) is 19.5 Å². The summed E-state index contributed by atoms with van der Waals surface area (Å²) in [4.78, 5) is 11.4. The molecule has 0 aromatic heterocycles. The van der Waals surface area contributed by atoms with Crippen LogP contribution in [0.2, 0.25) is 0 Å². The lowest BCUT2D eigenvalue weighted by molar-refractivity contribution is -0.118. The van der Waals surface area contributed by atoms with Crippen molar-refractivity contribution >= 4 is 5.78 Å². The summed E-state index contributed by atoms with van der Waals surface area (Å²) < 4.78 is 0. The van der Waals surface area contributed by atoms with Gasteiger partial charge in [0.1, 0.15) is 5.78 Å². The Balaban J connectivity index is 2.30. The minimum absolute atomic E-state index is 0.0487. The van der Waals surface area contributed by atoms with E-state index in [-0.39, 0.29) is 11.2 Å². The number of ketones is 1. The summed E-state index contributed by atoms with van der Waals surface area (Å²) in [5, 5.41) is 3.36. The van der Waals surface area contributed by atoms with Gasteiger partial charge in [-0.15, -0.1) is 0 Å². The molecule has 0 aliphatic carbocycles. The molecule has 1 fully saturated rings. The third kappa shape index (κ3) is 2.10. The van der Waals surface area contributed by atoms with Crippen molar-refractivity contribution in [3.05, 3.63) is 35.9 Å². The number of hydrogen-bond acceptors (Lipinski definition) is 2. The molecule has 1 saturated heterocycles. The van der Waals surface area contributed by atoms with Gasteiger partial charge in [0.05, 0.1) is 0 Å². The van der Waals surface area contributed by atoms with Crippen molar-refractivity contribution in [2.45, 2.75) is 25.2 Å². The Kier molecular flexibility index (Phi) is 2.87. The van der Waals surface area contributed by atoms with Gasteiger partial charge in [-0.05, 0) is 25.5 Å². The normalized spacial score (nSPS) is 25.4. The van der Waals surface area contributed by atoms with Crippen LogP contribution in [0.25, 0.3) is 0 Å². The average Bonchev–Trinajstić information content (AvgIpc) is 2.68. The van der Waals surface area contributed by atoms with Gasteiger partial charge in [0.25, 0.3) is 0 Å². The van der Waals surface area contributed by atoms with E-state index in [2.05, 4.69) is 29.6 Å². The molecule has 0 saturated carbocycles. The molecule has 0 bridgehead atoms. The van der Waals surface area contributed by atoms with Gasteiger partial charge in [-0.25, -0.2) is 0 Å². The van der Waals surface area contributed by atoms with E-state index >= 15 is 0 Å². The smallest absolute Gasteiger partial charge is 0.130 e. The molecule has 2 heteroatoms. The highest BCUT2D eigenvalue weighted by Gasteiger charge is 2.36. The van der Waals surface area contributed by atoms with E-state index in [1.165, 1.54) is 5.56 Å². The lowest BCUT2D eigenvalue weighted by Crippen LogP contribution is -2.31. The molecule has 80 valence electrons. The highest BCUT2D eigenvalue weighted by atomic mass is 16.1. The quantitative estimate of drug-likeness (QED) is 0.813. The van der Waals surface area contributed by atoms with E-state index in [1.807, 2.05) is 6.07 Å². The molecule has 2 rings (SSSR count). The van der Waals surface area contributed by atoms with E-state index in [4.69, 9.17) is 0 Å². The van der Waals surface area contributed by atoms with E-state index in [0.29, 0.717) is 6.42 Å². The fourth-order valence-corrected chi connectivity index (χ4v) is 2.51. The number of carbonyl (C=O) groups is 1. The van der Waals surface area contributed by atoms with Crippen molar-refractivity contribution in [1.29, 1.82) is 0 Å². The van der Waals surface area contributed by atoms with Gasteiger partial charge in [-0.3, -0.25) is 4.79 Å². The van der Waals surface area contributed by atoms with Crippen LogP contribution in [0.15, 0.2) is 30.3 Å². The molecule has 15 heavy (non-hydrogen) atoms. The minimum Gasteiger partial charge on any atom is -0.316 e. The maximum atomic E-state index is 11.4. The molecule has 1 aromatic rings. The number of benzene rings is 1. The Hall–Kier alpha value is -1.15. The monoisotopic (exact) mass is 203 g/mol. The molecule has 0 amide bonds. The largest absolute Gasteiger partial charge is 0.316 e. The first kappa shape index (κ1) is 10.4. The Morgan fingerprint density at radius 2 is 2.13 bits per heavy atom. The Morgan fingerprint density at radius 1 is 1.40 bits per heavy atom. The van der Waals surface area contributed by atoms with Crippen LogP contribution >= 0.6 is 0 Å². The lowest BCUT2D eigenvalue weighted by Gasteiger charge is -2.27. The molecular formula is C13H17NO. The molecule has 2 nitrogen and oxygen atoms in total. The van der Waals surface area contributed by atoms with Gasteiger partial charge in [-0.1, -0.05) is 30.3 Å². The number of hydrogen-bond donors (Lipinski definition) is 1. The maximum absolute atomic E-state index is 11.4. The van der Waals surface area contributed by atoms with Crippen LogP contribution in [-0.2, 0) is 10.2 Å². The number of nitrogens with one attached hydrogen (secondary N) is 1. The summed E-state index contributed by atoms with van der Waals surface area (Å²) >= 11 is 0. The fourth-order valence-electron chi connectivity index (χ4n) is 2.51. The summed E-state index contributed by atoms with van der Waals surface area (Å²) in [7, 11) is 0. The molecule has 0 radical (unpaired) electrons. The van der Waals surface area contributed by atoms with Crippen molar-refractivity contribution in [3.63, 3.8) is 0 Å². The summed E-state index contributed by atoms with van der Waals surface area (Å²) in [6.07, 6.45) is 1.72. The first-order chi connectivity index (χ1) is 7.23. The molecule has 1 N–H and O–H groups in total. The molecule has 0 spiro atoms. The topological polar surface area (TPSA) is 29.1 Å². The van der Waals surface area contributed by atoms with Gasteiger partial charge in [0, 0.05) is 18.4 Å². The molecule has 1 heterocycles. The predicted octanol–water partition coefficient (Wildman–Crippen LogP) is 1.90. The summed E-state index contributed by atoms with van der Waals surface area (Å²) in [5.41, 5.74) is 1.35. The van der Waals surface area contributed by atoms with Crippen LogP contribution in [0.1, 0.15) is 25.3 Å². The third-order valence-electron chi connectivity index (χ3n) is 3.22. The second kappa shape index (κ2) is 4.15. The van der Waals surface area contributed by atoms with Crippen LogP contribution in [0, 0.1) is 0 Å². The molecule has 1 atom stereocenters. The fraction of sp³-hybridized carbons (Fsp3) is 0.462. The lowest BCUT2D eigenvalue weighted by atomic mass is 9.76. The van der Waals surface area contributed by atoms with Gasteiger partial charge in [0.2, 0.25) is 0 Å². The van der Waals surface area contributed by atoms with Gasteiger partial charge in [0.15, 0.2) is 0 Å². The first-order valence-electron chi connectivity index (χ1n) is 5.49. The van der Waals surface area contributed by atoms with E-state index in [9.17, 15) is 4.79 Å². The number of rotatable bonds is 3. The zero-order chi connectivity index (χ0) is 10.7. The summed E-state index contributed by atoms with van der Waals surface area (Å²) in [5.74, 6) is 0.280. The van der Waals surface area contributed by atoms with Crippen molar-refractivity contribution in [2.24, 2.45) is 0 Å². The van der Waals surface area contributed by atoms with Crippen molar-refractivity contribution in [2.75, 3.05) is 13.1 Å². The van der Waals surface area contributed by atoms with Gasteiger partial charge in [-0.2, -0.15) is 0 Å². The molecular weight excluding hydrogens is 186 g/mol. The maximum Gasteiger partial charge on any atom is 0.130 e. The van der Waals surface area contributed by atoms with E-state index in [1.54, 1.807) is 6.92 Å². The Morgan fingerprint density at radius 3 is 2.67 bits per heavy atom. The van der Waals surface area contributed by atoms with Gasteiger partial charge < -0.3 is 5.32 Å².